The van der Waals surface area contributed by atoms with Gasteiger partial charge in [-0.25, -0.2) is 0 Å². The van der Waals surface area contributed by atoms with Crippen LogP contribution in [0.25, 0.3) is 0 Å². The molecule has 1 saturated heterocycles. The molecule has 1 aromatic rings. The minimum atomic E-state index is -0.0418. The molecular weight excluding hydrogens is 292 g/mol. The lowest BCUT2D eigenvalue weighted by Gasteiger charge is -2.34. The smallest absolute Gasteiger partial charge is 0.0585 e. The molecule has 2 rings (SSSR count). The molecule has 1 aliphatic heterocycles. The Bertz CT molecular complexity index is 361. The van der Waals surface area contributed by atoms with E-state index in [1.54, 1.807) is 0 Å². The second kappa shape index (κ2) is 6.66. The van der Waals surface area contributed by atoms with E-state index in [1.165, 1.54) is 5.56 Å². The average Bonchev–Trinajstić information content (AvgIpc) is 2.41. The number of piperidine rings is 1. The summed E-state index contributed by atoms with van der Waals surface area (Å²) in [6.07, 6.45) is 2.19. The normalized spacial score (nSPS) is 19.9. The molecule has 0 aliphatic carbocycles. The summed E-state index contributed by atoms with van der Waals surface area (Å²) >= 11 is 3.45. The van der Waals surface area contributed by atoms with Gasteiger partial charge < -0.3 is 10.8 Å². The average molecular weight is 313 g/mol. The Labute approximate surface area is 117 Å². The molecule has 1 fully saturated rings. The van der Waals surface area contributed by atoms with Crippen LogP contribution in [0.15, 0.2) is 28.7 Å². The zero-order valence-electron chi connectivity index (χ0n) is 10.6. The Hall–Kier alpha value is -0.420. The van der Waals surface area contributed by atoms with E-state index in [0.717, 1.165) is 36.9 Å². The van der Waals surface area contributed by atoms with E-state index in [-0.39, 0.29) is 12.6 Å². The van der Waals surface area contributed by atoms with E-state index in [9.17, 15) is 0 Å². The first kappa shape index (κ1) is 14.0. The number of aliphatic hydroxyl groups excluding tert-OH is 1. The van der Waals surface area contributed by atoms with Crippen LogP contribution in [0, 0.1) is 5.92 Å². The molecule has 0 saturated carbocycles. The standard InChI is InChI=1S/C14H21BrN2O/c15-13-3-1-11(2-4-13)9-17-7-5-12(6-8-17)14(16)10-18/h1-4,12,14,18H,5-10,16H2. The van der Waals surface area contributed by atoms with Crippen molar-refractivity contribution >= 4 is 15.9 Å². The van der Waals surface area contributed by atoms with E-state index in [1.807, 2.05) is 0 Å². The predicted molar refractivity (Wildman–Crippen MR) is 77.2 cm³/mol. The van der Waals surface area contributed by atoms with Crippen LogP contribution in [0.2, 0.25) is 0 Å². The molecule has 0 radical (unpaired) electrons. The van der Waals surface area contributed by atoms with Gasteiger partial charge in [-0.05, 0) is 49.5 Å². The topological polar surface area (TPSA) is 49.5 Å². The van der Waals surface area contributed by atoms with Crippen molar-refractivity contribution in [1.29, 1.82) is 0 Å². The molecule has 1 aliphatic rings. The van der Waals surface area contributed by atoms with Gasteiger partial charge >= 0.3 is 0 Å². The zero-order chi connectivity index (χ0) is 13.0. The highest BCUT2D eigenvalue weighted by Crippen LogP contribution is 2.21. The number of nitrogens with zero attached hydrogens (tertiary/aromatic N) is 1. The lowest BCUT2D eigenvalue weighted by atomic mass is 9.90. The second-order valence-corrected chi connectivity index (χ2v) is 6.00. The van der Waals surface area contributed by atoms with Crippen molar-refractivity contribution in [2.45, 2.75) is 25.4 Å². The van der Waals surface area contributed by atoms with Crippen LogP contribution >= 0.6 is 15.9 Å². The highest BCUT2D eigenvalue weighted by molar-refractivity contribution is 9.10. The first-order valence-electron chi connectivity index (χ1n) is 6.52. The number of likely N-dealkylation sites (tertiary alicyclic amines) is 1. The fraction of sp³-hybridized carbons (Fsp3) is 0.571. The fourth-order valence-corrected chi connectivity index (χ4v) is 2.80. The van der Waals surface area contributed by atoms with Gasteiger partial charge in [0.15, 0.2) is 0 Å². The third-order valence-electron chi connectivity index (χ3n) is 3.77. The highest BCUT2D eigenvalue weighted by atomic mass is 79.9. The molecule has 4 heteroatoms. The Morgan fingerprint density at radius 3 is 2.44 bits per heavy atom. The lowest BCUT2D eigenvalue weighted by molar-refractivity contribution is 0.136. The number of nitrogens with two attached hydrogens (primary N) is 1. The predicted octanol–water partition coefficient (Wildman–Crippen LogP) is 1.98. The summed E-state index contributed by atoms with van der Waals surface area (Å²) in [5.41, 5.74) is 7.24. The largest absolute Gasteiger partial charge is 0.395 e. The maximum absolute atomic E-state index is 9.07. The van der Waals surface area contributed by atoms with E-state index in [0.29, 0.717) is 5.92 Å². The summed E-state index contributed by atoms with van der Waals surface area (Å²) in [6.45, 7) is 3.27. The van der Waals surface area contributed by atoms with Crippen molar-refractivity contribution in [1.82, 2.24) is 4.90 Å². The van der Waals surface area contributed by atoms with Gasteiger partial charge in [0.25, 0.3) is 0 Å². The molecule has 0 aromatic heterocycles. The van der Waals surface area contributed by atoms with Crippen molar-refractivity contribution in [3.8, 4) is 0 Å². The third kappa shape index (κ3) is 3.79. The van der Waals surface area contributed by atoms with E-state index in [2.05, 4.69) is 45.1 Å². The van der Waals surface area contributed by atoms with E-state index >= 15 is 0 Å². The van der Waals surface area contributed by atoms with Crippen molar-refractivity contribution in [2.75, 3.05) is 19.7 Å². The Morgan fingerprint density at radius 2 is 1.89 bits per heavy atom. The molecule has 0 amide bonds. The fourth-order valence-electron chi connectivity index (χ4n) is 2.54. The molecule has 1 unspecified atom stereocenters. The maximum Gasteiger partial charge on any atom is 0.0585 e. The molecule has 18 heavy (non-hydrogen) atoms. The Morgan fingerprint density at radius 1 is 1.28 bits per heavy atom. The molecule has 1 aromatic carbocycles. The summed E-state index contributed by atoms with van der Waals surface area (Å²) in [7, 11) is 0. The first-order chi connectivity index (χ1) is 8.69. The minimum Gasteiger partial charge on any atom is -0.395 e. The number of hydrogen-bond donors (Lipinski definition) is 2. The molecule has 0 bridgehead atoms. The molecule has 0 spiro atoms. The third-order valence-corrected chi connectivity index (χ3v) is 4.30. The number of aliphatic hydroxyl groups is 1. The molecule has 3 N–H and O–H groups in total. The summed E-state index contributed by atoms with van der Waals surface area (Å²) < 4.78 is 1.12. The van der Waals surface area contributed by atoms with Crippen molar-refractivity contribution in [3.05, 3.63) is 34.3 Å². The Kier molecular flexibility index (Phi) is 5.18. The summed E-state index contributed by atoms with van der Waals surface area (Å²) in [6, 6.07) is 8.46. The van der Waals surface area contributed by atoms with Gasteiger partial charge in [0.05, 0.1) is 6.61 Å². The number of rotatable bonds is 4. The summed E-state index contributed by atoms with van der Waals surface area (Å²) in [5, 5.41) is 9.07. The van der Waals surface area contributed by atoms with Crippen molar-refractivity contribution in [3.63, 3.8) is 0 Å². The first-order valence-corrected chi connectivity index (χ1v) is 7.31. The van der Waals surface area contributed by atoms with E-state index < -0.39 is 0 Å². The molecule has 1 atom stereocenters. The van der Waals surface area contributed by atoms with Crippen LogP contribution in [-0.2, 0) is 6.54 Å². The van der Waals surface area contributed by atoms with Crippen molar-refractivity contribution in [2.24, 2.45) is 11.7 Å². The zero-order valence-corrected chi connectivity index (χ0v) is 12.1. The quantitative estimate of drug-likeness (QED) is 0.894. The lowest BCUT2D eigenvalue weighted by Crippen LogP contribution is -2.42. The van der Waals surface area contributed by atoms with Crippen molar-refractivity contribution < 1.29 is 5.11 Å². The molecule has 1 heterocycles. The summed E-state index contributed by atoms with van der Waals surface area (Å²) in [5.74, 6) is 0.483. The van der Waals surface area contributed by atoms with Crippen LogP contribution in [0.3, 0.4) is 0 Å². The van der Waals surface area contributed by atoms with Gasteiger partial charge in [-0.3, -0.25) is 4.90 Å². The van der Waals surface area contributed by atoms with Crippen LogP contribution in [0.5, 0.6) is 0 Å². The Balaban J connectivity index is 1.81. The van der Waals surface area contributed by atoms with Crippen LogP contribution in [0.4, 0.5) is 0 Å². The van der Waals surface area contributed by atoms with Crippen LogP contribution < -0.4 is 5.73 Å². The van der Waals surface area contributed by atoms with Gasteiger partial charge in [-0.15, -0.1) is 0 Å². The number of benzene rings is 1. The monoisotopic (exact) mass is 312 g/mol. The van der Waals surface area contributed by atoms with Gasteiger partial charge in [-0.2, -0.15) is 0 Å². The van der Waals surface area contributed by atoms with Gasteiger partial charge in [0, 0.05) is 17.1 Å². The molecule has 100 valence electrons. The maximum atomic E-state index is 9.07. The van der Waals surface area contributed by atoms with Gasteiger partial charge in [0.2, 0.25) is 0 Å². The molecular formula is C14H21BrN2O. The van der Waals surface area contributed by atoms with Gasteiger partial charge in [0.1, 0.15) is 0 Å². The summed E-state index contributed by atoms with van der Waals surface area (Å²) in [4.78, 5) is 2.46. The molecule has 3 nitrogen and oxygen atoms in total. The minimum absolute atomic E-state index is 0.0418. The van der Waals surface area contributed by atoms with E-state index in [4.69, 9.17) is 10.8 Å². The number of hydrogen-bond acceptors (Lipinski definition) is 3. The second-order valence-electron chi connectivity index (χ2n) is 5.09. The van der Waals surface area contributed by atoms with Gasteiger partial charge in [-0.1, -0.05) is 28.1 Å². The van der Waals surface area contributed by atoms with Crippen LogP contribution in [0.1, 0.15) is 18.4 Å². The SMILES string of the molecule is NC(CO)C1CCN(Cc2ccc(Br)cc2)CC1. The van der Waals surface area contributed by atoms with Crippen LogP contribution in [-0.4, -0.2) is 35.7 Å². The number of halogens is 1. The highest BCUT2D eigenvalue weighted by Gasteiger charge is 2.23.